The first kappa shape index (κ1) is 26.1. The number of nitrogens with zero attached hydrogens (tertiary/aromatic N) is 2. The third-order valence-electron chi connectivity index (χ3n) is 6.87. The van der Waals surface area contributed by atoms with Gasteiger partial charge in [0.25, 0.3) is 0 Å². The second-order valence-electron chi connectivity index (χ2n) is 10.3. The maximum absolute atomic E-state index is 13.8. The Labute approximate surface area is 201 Å². The van der Waals surface area contributed by atoms with Gasteiger partial charge in [0, 0.05) is 20.0 Å². The second kappa shape index (κ2) is 10.4. The number of carbonyl (C=O) groups excluding carboxylic acids is 3. The van der Waals surface area contributed by atoms with Crippen LogP contribution in [0.25, 0.3) is 0 Å². The molecule has 2 aliphatic rings. The monoisotopic (exact) mass is 476 g/mol. The van der Waals surface area contributed by atoms with Gasteiger partial charge in [0.1, 0.15) is 11.9 Å². The number of ether oxygens (including phenoxy) is 1. The fourth-order valence-electron chi connectivity index (χ4n) is 4.79. The van der Waals surface area contributed by atoms with E-state index in [-0.39, 0.29) is 48.3 Å². The normalized spacial score (nSPS) is 24.0. The van der Waals surface area contributed by atoms with Crippen molar-refractivity contribution in [1.29, 1.82) is 0 Å². The van der Waals surface area contributed by atoms with Crippen LogP contribution in [0, 0.1) is 11.2 Å². The predicted octanol–water partition coefficient (Wildman–Crippen LogP) is 1.68. The molecule has 2 heterocycles. The number of halogens is 1. The molecule has 0 saturated carbocycles. The molecule has 34 heavy (non-hydrogen) atoms. The van der Waals surface area contributed by atoms with Gasteiger partial charge in [-0.05, 0) is 43.5 Å². The highest BCUT2D eigenvalue weighted by molar-refractivity contribution is 5.90. The topological polar surface area (TPSA) is 91.0 Å². The largest absolute Gasteiger partial charge is 0.369 e. The van der Waals surface area contributed by atoms with Gasteiger partial charge in [0.2, 0.25) is 17.7 Å². The average molecular weight is 477 g/mol. The van der Waals surface area contributed by atoms with Crippen LogP contribution in [0.3, 0.4) is 0 Å². The summed E-state index contributed by atoms with van der Waals surface area (Å²) in [4.78, 5) is 42.3. The van der Waals surface area contributed by atoms with Gasteiger partial charge in [-0.15, -0.1) is 0 Å². The zero-order valence-corrected chi connectivity index (χ0v) is 20.9. The van der Waals surface area contributed by atoms with E-state index >= 15 is 0 Å². The molecule has 0 aliphatic carbocycles. The van der Waals surface area contributed by atoms with E-state index in [1.165, 1.54) is 19.1 Å². The SMILES string of the molecule is CNC(C)C(=O)NC(C(=O)N1CCC2C1C(OCc1ccc(F)cc1)CN2C(C)=O)C(C)(C)C. The third-order valence-corrected chi connectivity index (χ3v) is 6.87. The van der Waals surface area contributed by atoms with Gasteiger partial charge in [-0.25, -0.2) is 4.39 Å². The Morgan fingerprint density at radius 2 is 1.82 bits per heavy atom. The molecular formula is C25H37FN4O4. The zero-order valence-electron chi connectivity index (χ0n) is 20.9. The Bertz CT molecular complexity index is 901. The molecule has 5 unspecified atom stereocenters. The van der Waals surface area contributed by atoms with Crippen LogP contribution in [-0.4, -0.2) is 77.9 Å². The number of carbonyl (C=O) groups is 3. The van der Waals surface area contributed by atoms with E-state index in [1.807, 2.05) is 20.8 Å². The van der Waals surface area contributed by atoms with Crippen LogP contribution in [-0.2, 0) is 25.7 Å². The first-order valence-electron chi connectivity index (χ1n) is 11.9. The molecule has 3 rings (SSSR count). The van der Waals surface area contributed by atoms with E-state index in [4.69, 9.17) is 4.74 Å². The minimum Gasteiger partial charge on any atom is -0.369 e. The fourth-order valence-corrected chi connectivity index (χ4v) is 4.79. The Kier molecular flexibility index (Phi) is 7.98. The van der Waals surface area contributed by atoms with E-state index in [2.05, 4.69) is 10.6 Å². The predicted molar refractivity (Wildman–Crippen MR) is 126 cm³/mol. The number of nitrogens with one attached hydrogen (secondary N) is 2. The summed E-state index contributed by atoms with van der Waals surface area (Å²) in [6.45, 7) is 10.2. The van der Waals surface area contributed by atoms with Crippen LogP contribution in [0.1, 0.15) is 46.6 Å². The summed E-state index contributed by atoms with van der Waals surface area (Å²) >= 11 is 0. The first-order valence-corrected chi connectivity index (χ1v) is 11.9. The minimum absolute atomic E-state index is 0.0549. The molecule has 3 amide bonds. The summed E-state index contributed by atoms with van der Waals surface area (Å²) in [6.07, 6.45) is 0.280. The van der Waals surface area contributed by atoms with Crippen molar-refractivity contribution >= 4 is 17.7 Å². The second-order valence-corrected chi connectivity index (χ2v) is 10.3. The first-order chi connectivity index (χ1) is 15.9. The van der Waals surface area contributed by atoms with E-state index in [1.54, 1.807) is 35.9 Å². The standard InChI is InChI=1S/C25H37FN4O4/c1-15(27-6)23(32)28-22(25(3,4)5)24(33)29-12-11-19-21(29)20(13-30(19)16(2)31)34-14-17-7-9-18(26)10-8-17/h7-10,15,19-22,27H,11-14H2,1-6H3,(H,28,32). The number of hydrogen-bond donors (Lipinski definition) is 2. The molecule has 2 saturated heterocycles. The van der Waals surface area contributed by atoms with Crippen LogP contribution < -0.4 is 10.6 Å². The van der Waals surface area contributed by atoms with Gasteiger partial charge in [0.05, 0.1) is 30.8 Å². The fraction of sp³-hybridized carbons (Fsp3) is 0.640. The summed E-state index contributed by atoms with van der Waals surface area (Å²) in [5, 5.41) is 5.83. The molecule has 2 fully saturated rings. The van der Waals surface area contributed by atoms with Gasteiger partial charge < -0.3 is 25.2 Å². The van der Waals surface area contributed by atoms with E-state index in [9.17, 15) is 18.8 Å². The highest BCUT2D eigenvalue weighted by atomic mass is 19.1. The van der Waals surface area contributed by atoms with Gasteiger partial charge in [0.15, 0.2) is 0 Å². The Balaban J connectivity index is 1.82. The minimum atomic E-state index is -0.723. The quantitative estimate of drug-likeness (QED) is 0.625. The molecule has 0 radical (unpaired) electrons. The number of likely N-dealkylation sites (tertiary alicyclic amines) is 2. The number of hydrogen-bond acceptors (Lipinski definition) is 5. The Morgan fingerprint density at radius 1 is 1.18 bits per heavy atom. The molecule has 0 aromatic heterocycles. The number of benzene rings is 1. The highest BCUT2D eigenvalue weighted by Crippen LogP contribution is 2.36. The van der Waals surface area contributed by atoms with Gasteiger partial charge >= 0.3 is 0 Å². The number of likely N-dealkylation sites (N-methyl/N-ethyl adjacent to an activating group) is 1. The van der Waals surface area contributed by atoms with Gasteiger partial charge in [-0.2, -0.15) is 0 Å². The number of fused-ring (bicyclic) bond motifs is 1. The Morgan fingerprint density at radius 3 is 2.38 bits per heavy atom. The molecule has 2 aliphatic heterocycles. The molecule has 5 atom stereocenters. The van der Waals surface area contributed by atoms with Crippen LogP contribution >= 0.6 is 0 Å². The van der Waals surface area contributed by atoms with E-state index < -0.39 is 17.5 Å². The number of rotatable bonds is 7. The Hall–Kier alpha value is -2.52. The lowest BCUT2D eigenvalue weighted by Crippen LogP contribution is -2.59. The van der Waals surface area contributed by atoms with Crippen LogP contribution in [0.5, 0.6) is 0 Å². The maximum atomic E-state index is 13.8. The van der Waals surface area contributed by atoms with Crippen molar-refractivity contribution in [2.75, 3.05) is 20.1 Å². The molecule has 2 N–H and O–H groups in total. The van der Waals surface area contributed by atoms with Crippen molar-refractivity contribution < 1.29 is 23.5 Å². The molecule has 8 nitrogen and oxygen atoms in total. The average Bonchev–Trinajstić information content (AvgIpc) is 3.36. The van der Waals surface area contributed by atoms with Crippen molar-refractivity contribution in [3.8, 4) is 0 Å². The van der Waals surface area contributed by atoms with Gasteiger partial charge in [-0.3, -0.25) is 14.4 Å². The highest BCUT2D eigenvalue weighted by Gasteiger charge is 2.53. The van der Waals surface area contributed by atoms with E-state index in [0.29, 0.717) is 19.5 Å². The van der Waals surface area contributed by atoms with Crippen molar-refractivity contribution in [3.05, 3.63) is 35.6 Å². The summed E-state index contributed by atoms with van der Waals surface area (Å²) < 4.78 is 19.5. The van der Waals surface area contributed by atoms with Crippen LogP contribution in [0.2, 0.25) is 0 Å². The summed E-state index contributed by atoms with van der Waals surface area (Å²) in [6, 6.07) is 4.49. The smallest absolute Gasteiger partial charge is 0.246 e. The van der Waals surface area contributed by atoms with Crippen molar-refractivity contribution in [1.82, 2.24) is 20.4 Å². The molecular weight excluding hydrogens is 439 g/mol. The lowest BCUT2D eigenvalue weighted by Gasteiger charge is -2.37. The maximum Gasteiger partial charge on any atom is 0.246 e. The molecule has 0 bridgehead atoms. The molecule has 1 aromatic carbocycles. The zero-order chi connectivity index (χ0) is 25.2. The lowest BCUT2D eigenvalue weighted by atomic mass is 9.85. The summed E-state index contributed by atoms with van der Waals surface area (Å²) in [7, 11) is 1.70. The third kappa shape index (κ3) is 5.58. The van der Waals surface area contributed by atoms with Crippen LogP contribution in [0.15, 0.2) is 24.3 Å². The molecule has 1 aromatic rings. The van der Waals surface area contributed by atoms with E-state index in [0.717, 1.165) is 5.56 Å². The lowest BCUT2D eigenvalue weighted by molar-refractivity contribution is -0.142. The summed E-state index contributed by atoms with van der Waals surface area (Å²) in [5.41, 5.74) is 0.303. The molecule has 0 spiro atoms. The number of amides is 3. The van der Waals surface area contributed by atoms with Crippen molar-refractivity contribution in [3.63, 3.8) is 0 Å². The van der Waals surface area contributed by atoms with Gasteiger partial charge in [-0.1, -0.05) is 32.9 Å². The molecule has 188 valence electrons. The summed E-state index contributed by atoms with van der Waals surface area (Å²) in [5.74, 6) is -0.784. The van der Waals surface area contributed by atoms with Crippen molar-refractivity contribution in [2.24, 2.45) is 5.41 Å². The van der Waals surface area contributed by atoms with Crippen LogP contribution in [0.4, 0.5) is 4.39 Å². The van der Waals surface area contributed by atoms with Crippen molar-refractivity contribution in [2.45, 2.75) is 77.9 Å². The molecule has 9 heteroatoms.